The standard InChI is InChI=1S/C12H15NO2S/c1-12(2,3)13-11(15)10-7-6-9(16-10)5-4-8-14/h6-7,14H,8H2,1-3H3,(H,13,15). The molecule has 0 fully saturated rings. The van der Waals surface area contributed by atoms with Crippen molar-refractivity contribution < 1.29 is 9.90 Å². The van der Waals surface area contributed by atoms with Gasteiger partial charge in [0, 0.05) is 5.54 Å². The van der Waals surface area contributed by atoms with Crippen molar-refractivity contribution in [3.05, 3.63) is 21.9 Å². The molecule has 0 aliphatic heterocycles. The summed E-state index contributed by atoms with van der Waals surface area (Å²) in [5.74, 6) is 5.23. The van der Waals surface area contributed by atoms with E-state index in [0.29, 0.717) is 4.88 Å². The Morgan fingerprint density at radius 1 is 1.50 bits per heavy atom. The molecule has 16 heavy (non-hydrogen) atoms. The summed E-state index contributed by atoms with van der Waals surface area (Å²) in [6, 6.07) is 3.53. The highest BCUT2D eigenvalue weighted by Gasteiger charge is 2.16. The van der Waals surface area contributed by atoms with Crippen LogP contribution in [0, 0.1) is 11.8 Å². The lowest BCUT2D eigenvalue weighted by molar-refractivity contribution is 0.0924. The van der Waals surface area contributed by atoms with Gasteiger partial charge in [-0.05, 0) is 32.9 Å². The third-order valence-corrected chi connectivity index (χ3v) is 2.61. The third-order valence-electron chi connectivity index (χ3n) is 1.61. The number of nitrogens with one attached hydrogen (secondary N) is 1. The quantitative estimate of drug-likeness (QED) is 0.729. The predicted molar refractivity (Wildman–Crippen MR) is 65.5 cm³/mol. The molecule has 0 saturated carbocycles. The van der Waals surface area contributed by atoms with E-state index in [0.717, 1.165) is 4.88 Å². The average molecular weight is 237 g/mol. The lowest BCUT2D eigenvalue weighted by Crippen LogP contribution is -2.40. The van der Waals surface area contributed by atoms with Crippen molar-refractivity contribution in [1.29, 1.82) is 0 Å². The molecule has 0 radical (unpaired) electrons. The summed E-state index contributed by atoms with van der Waals surface area (Å²) in [6.07, 6.45) is 0. The van der Waals surface area contributed by atoms with Crippen molar-refractivity contribution in [1.82, 2.24) is 5.32 Å². The van der Waals surface area contributed by atoms with E-state index in [9.17, 15) is 4.79 Å². The van der Waals surface area contributed by atoms with Crippen molar-refractivity contribution in [2.45, 2.75) is 26.3 Å². The maximum Gasteiger partial charge on any atom is 0.261 e. The Kier molecular flexibility index (Phi) is 4.11. The van der Waals surface area contributed by atoms with E-state index in [-0.39, 0.29) is 18.1 Å². The Bertz CT molecular complexity index is 432. The Hall–Kier alpha value is -1.31. The zero-order valence-electron chi connectivity index (χ0n) is 9.63. The van der Waals surface area contributed by atoms with Crippen LogP contribution in [0.1, 0.15) is 35.3 Å². The molecule has 4 heteroatoms. The largest absolute Gasteiger partial charge is 0.384 e. The van der Waals surface area contributed by atoms with Crippen molar-refractivity contribution >= 4 is 17.2 Å². The first kappa shape index (κ1) is 12.8. The summed E-state index contributed by atoms with van der Waals surface area (Å²) < 4.78 is 0. The number of aliphatic hydroxyl groups is 1. The van der Waals surface area contributed by atoms with Gasteiger partial charge in [-0.15, -0.1) is 11.3 Å². The first-order valence-corrected chi connectivity index (χ1v) is 5.76. The zero-order valence-corrected chi connectivity index (χ0v) is 10.4. The van der Waals surface area contributed by atoms with E-state index in [4.69, 9.17) is 5.11 Å². The minimum Gasteiger partial charge on any atom is -0.384 e. The van der Waals surface area contributed by atoms with E-state index in [1.165, 1.54) is 11.3 Å². The predicted octanol–water partition coefficient (Wildman–Crippen LogP) is 1.62. The number of hydrogen-bond donors (Lipinski definition) is 2. The van der Waals surface area contributed by atoms with Gasteiger partial charge < -0.3 is 10.4 Å². The van der Waals surface area contributed by atoms with Gasteiger partial charge in [-0.3, -0.25) is 4.79 Å². The minimum absolute atomic E-state index is 0.0884. The highest BCUT2D eigenvalue weighted by molar-refractivity contribution is 7.14. The topological polar surface area (TPSA) is 49.3 Å². The summed E-state index contributed by atoms with van der Waals surface area (Å²) in [5, 5.41) is 11.4. The molecule has 1 amide bonds. The van der Waals surface area contributed by atoms with Gasteiger partial charge in [0.2, 0.25) is 0 Å². The van der Waals surface area contributed by atoms with Crippen LogP contribution in [0.5, 0.6) is 0 Å². The van der Waals surface area contributed by atoms with Crippen molar-refractivity contribution in [2.24, 2.45) is 0 Å². The first-order valence-electron chi connectivity index (χ1n) is 4.94. The lowest BCUT2D eigenvalue weighted by atomic mass is 10.1. The normalized spacial score (nSPS) is 10.5. The second kappa shape index (κ2) is 5.15. The smallest absolute Gasteiger partial charge is 0.261 e. The van der Waals surface area contributed by atoms with Gasteiger partial charge >= 0.3 is 0 Å². The van der Waals surface area contributed by atoms with E-state index in [1.807, 2.05) is 20.8 Å². The summed E-state index contributed by atoms with van der Waals surface area (Å²) in [4.78, 5) is 13.2. The molecule has 0 unspecified atom stereocenters. The van der Waals surface area contributed by atoms with E-state index in [2.05, 4.69) is 17.2 Å². The summed E-state index contributed by atoms with van der Waals surface area (Å²) >= 11 is 1.32. The Morgan fingerprint density at radius 3 is 2.75 bits per heavy atom. The monoisotopic (exact) mass is 237 g/mol. The van der Waals surface area contributed by atoms with Crippen LogP contribution in [0.3, 0.4) is 0 Å². The molecule has 0 aliphatic carbocycles. The maximum atomic E-state index is 11.7. The third kappa shape index (κ3) is 4.05. The summed E-state index contributed by atoms with van der Waals surface area (Å²) in [6.45, 7) is 5.64. The molecule has 2 N–H and O–H groups in total. The first-order chi connectivity index (χ1) is 7.42. The fourth-order valence-corrected chi connectivity index (χ4v) is 1.83. The van der Waals surface area contributed by atoms with Crippen LogP contribution in [0.2, 0.25) is 0 Å². The SMILES string of the molecule is CC(C)(C)NC(=O)c1ccc(C#CCO)s1. The van der Waals surface area contributed by atoms with Gasteiger partial charge in [-0.25, -0.2) is 0 Å². The highest BCUT2D eigenvalue weighted by Crippen LogP contribution is 2.16. The molecular weight excluding hydrogens is 222 g/mol. The molecule has 1 heterocycles. The van der Waals surface area contributed by atoms with Crippen LogP contribution in [0.4, 0.5) is 0 Å². The molecule has 0 saturated heterocycles. The molecule has 1 aromatic heterocycles. The van der Waals surface area contributed by atoms with Crippen LogP contribution in [0.25, 0.3) is 0 Å². The molecular formula is C12H15NO2S. The van der Waals surface area contributed by atoms with Crippen LogP contribution < -0.4 is 5.32 Å². The molecule has 86 valence electrons. The Morgan fingerprint density at radius 2 is 2.19 bits per heavy atom. The summed E-state index contributed by atoms with van der Waals surface area (Å²) in [5.41, 5.74) is -0.238. The molecule has 0 bridgehead atoms. The average Bonchev–Trinajstić information content (AvgIpc) is 2.60. The van der Waals surface area contributed by atoms with Crippen LogP contribution in [-0.2, 0) is 0 Å². The van der Waals surface area contributed by atoms with Gasteiger partial charge in [0.15, 0.2) is 0 Å². The number of carbonyl (C=O) groups is 1. The lowest BCUT2D eigenvalue weighted by Gasteiger charge is -2.19. The number of hydrogen-bond acceptors (Lipinski definition) is 3. The fourth-order valence-electron chi connectivity index (χ4n) is 1.06. The second-order valence-corrected chi connectivity index (χ2v) is 5.41. The van der Waals surface area contributed by atoms with Crippen molar-refractivity contribution in [3.8, 4) is 11.8 Å². The van der Waals surface area contributed by atoms with Gasteiger partial charge in [-0.1, -0.05) is 11.8 Å². The molecule has 3 nitrogen and oxygen atoms in total. The highest BCUT2D eigenvalue weighted by atomic mass is 32.1. The fraction of sp³-hybridized carbons (Fsp3) is 0.417. The zero-order chi connectivity index (χ0) is 12.2. The van der Waals surface area contributed by atoms with Gasteiger partial charge in [0.1, 0.15) is 6.61 Å². The van der Waals surface area contributed by atoms with Gasteiger partial charge in [-0.2, -0.15) is 0 Å². The molecule has 0 atom stereocenters. The number of thiophene rings is 1. The minimum atomic E-state index is -0.238. The van der Waals surface area contributed by atoms with Crippen LogP contribution >= 0.6 is 11.3 Å². The number of rotatable bonds is 1. The van der Waals surface area contributed by atoms with Crippen LogP contribution in [-0.4, -0.2) is 23.2 Å². The Balaban J connectivity index is 2.75. The van der Waals surface area contributed by atoms with E-state index >= 15 is 0 Å². The molecule has 0 aliphatic rings. The molecule has 1 rings (SSSR count). The van der Waals surface area contributed by atoms with Gasteiger partial charge in [0.05, 0.1) is 9.75 Å². The second-order valence-electron chi connectivity index (χ2n) is 4.33. The molecule has 0 spiro atoms. The van der Waals surface area contributed by atoms with E-state index in [1.54, 1.807) is 12.1 Å². The van der Waals surface area contributed by atoms with E-state index < -0.39 is 0 Å². The Labute approximate surface area is 99.5 Å². The number of carbonyl (C=O) groups excluding carboxylic acids is 1. The van der Waals surface area contributed by atoms with Crippen LogP contribution in [0.15, 0.2) is 12.1 Å². The van der Waals surface area contributed by atoms with Crippen molar-refractivity contribution in [3.63, 3.8) is 0 Å². The van der Waals surface area contributed by atoms with Gasteiger partial charge in [0.25, 0.3) is 5.91 Å². The number of amides is 1. The number of aliphatic hydroxyl groups excluding tert-OH is 1. The molecule has 1 aromatic rings. The van der Waals surface area contributed by atoms with Crippen molar-refractivity contribution in [2.75, 3.05) is 6.61 Å². The molecule has 0 aromatic carbocycles. The summed E-state index contributed by atoms with van der Waals surface area (Å²) in [7, 11) is 0. The maximum absolute atomic E-state index is 11.7.